The normalized spacial score (nSPS) is 12.9. The van der Waals surface area contributed by atoms with Gasteiger partial charge in [0.25, 0.3) is 0 Å². The number of hydrogen-bond donors (Lipinski definition) is 2. The number of rotatable bonds is 3. The van der Waals surface area contributed by atoms with Gasteiger partial charge in [-0.3, -0.25) is 4.79 Å². The van der Waals surface area contributed by atoms with Gasteiger partial charge in [0.05, 0.1) is 11.2 Å². The number of carbonyl (C=O) groups is 1. The van der Waals surface area contributed by atoms with E-state index in [-0.39, 0.29) is 6.42 Å². The number of carboxylic acids is 1. The van der Waals surface area contributed by atoms with Crippen molar-refractivity contribution in [1.82, 2.24) is 9.38 Å². The molecule has 1 unspecified atom stereocenters. The van der Waals surface area contributed by atoms with E-state index < -0.39 is 12.0 Å². The number of fused-ring (bicyclic) bond motifs is 1. The molecule has 0 saturated carbocycles. The van der Waals surface area contributed by atoms with Crippen LogP contribution in [-0.2, 0) is 11.2 Å². The molecule has 0 spiro atoms. The van der Waals surface area contributed by atoms with Crippen molar-refractivity contribution in [3.8, 4) is 0 Å². The van der Waals surface area contributed by atoms with Crippen LogP contribution in [0.3, 0.4) is 0 Å². The lowest BCUT2D eigenvalue weighted by Crippen LogP contribution is -2.32. The zero-order valence-corrected chi connectivity index (χ0v) is 9.84. The summed E-state index contributed by atoms with van der Waals surface area (Å²) in [7, 11) is 0. The molecular weight excluding hydrogens is 218 g/mol. The van der Waals surface area contributed by atoms with Gasteiger partial charge in [0.1, 0.15) is 11.9 Å². The van der Waals surface area contributed by atoms with E-state index in [0.29, 0.717) is 0 Å². The molecule has 0 radical (unpaired) electrons. The largest absolute Gasteiger partial charge is 0.480 e. The van der Waals surface area contributed by atoms with Gasteiger partial charge in [0, 0.05) is 12.6 Å². The first-order valence-electron chi connectivity index (χ1n) is 5.41. The zero-order valence-electron chi connectivity index (χ0n) is 9.84. The van der Waals surface area contributed by atoms with Gasteiger partial charge in [0.2, 0.25) is 0 Å². The molecule has 5 nitrogen and oxygen atoms in total. The monoisotopic (exact) mass is 233 g/mol. The molecule has 3 N–H and O–H groups in total. The van der Waals surface area contributed by atoms with Crippen LogP contribution in [-0.4, -0.2) is 26.5 Å². The molecule has 1 atom stereocenters. The van der Waals surface area contributed by atoms with Crippen LogP contribution in [0.15, 0.2) is 18.3 Å². The van der Waals surface area contributed by atoms with E-state index in [1.54, 1.807) is 0 Å². The zero-order chi connectivity index (χ0) is 12.6. The Hall–Kier alpha value is -1.88. The molecule has 5 heteroatoms. The summed E-state index contributed by atoms with van der Waals surface area (Å²) in [5, 5.41) is 8.82. The van der Waals surface area contributed by atoms with Crippen LogP contribution in [0.25, 0.3) is 5.52 Å². The Morgan fingerprint density at radius 3 is 2.94 bits per heavy atom. The van der Waals surface area contributed by atoms with E-state index in [1.165, 1.54) is 0 Å². The second kappa shape index (κ2) is 4.18. The smallest absolute Gasteiger partial charge is 0.320 e. The van der Waals surface area contributed by atoms with E-state index in [2.05, 4.69) is 4.98 Å². The summed E-state index contributed by atoms with van der Waals surface area (Å²) >= 11 is 0. The van der Waals surface area contributed by atoms with Crippen LogP contribution in [0.1, 0.15) is 17.1 Å². The molecule has 2 aromatic heterocycles. The maximum atomic E-state index is 10.8. The molecule has 2 rings (SSSR count). The Morgan fingerprint density at radius 1 is 1.59 bits per heavy atom. The van der Waals surface area contributed by atoms with Gasteiger partial charge < -0.3 is 15.2 Å². The summed E-state index contributed by atoms with van der Waals surface area (Å²) in [4.78, 5) is 15.1. The van der Waals surface area contributed by atoms with Gasteiger partial charge in [-0.2, -0.15) is 0 Å². The number of nitrogens with zero attached hydrogens (tertiary/aromatic N) is 2. The van der Waals surface area contributed by atoms with Crippen molar-refractivity contribution in [3.63, 3.8) is 0 Å². The number of imidazole rings is 1. The first-order valence-corrected chi connectivity index (χ1v) is 5.41. The first-order chi connectivity index (χ1) is 7.99. The average Bonchev–Trinajstić information content (AvgIpc) is 2.55. The van der Waals surface area contributed by atoms with E-state index in [1.807, 2.05) is 36.6 Å². The van der Waals surface area contributed by atoms with Crippen LogP contribution in [0.2, 0.25) is 0 Å². The molecule has 17 heavy (non-hydrogen) atoms. The topological polar surface area (TPSA) is 80.6 Å². The van der Waals surface area contributed by atoms with Gasteiger partial charge in [-0.05, 0) is 31.5 Å². The van der Waals surface area contributed by atoms with E-state index in [9.17, 15) is 4.79 Å². The summed E-state index contributed by atoms with van der Waals surface area (Å²) in [6.07, 6.45) is 2.18. The number of nitrogens with two attached hydrogens (primary N) is 1. The van der Waals surface area contributed by atoms with Gasteiger partial charge in [0.15, 0.2) is 0 Å². The Balaban J connectivity index is 2.47. The minimum atomic E-state index is -1.00. The number of carboxylic acid groups (broad SMARTS) is 1. The van der Waals surface area contributed by atoms with Crippen molar-refractivity contribution < 1.29 is 9.90 Å². The lowest BCUT2D eigenvalue weighted by atomic mass is 10.1. The van der Waals surface area contributed by atoms with Crippen LogP contribution < -0.4 is 5.73 Å². The standard InChI is InChI=1S/C12H15N3O2/c1-7-3-4-15-8(2)14-10(11(15)5-7)6-9(13)12(16)17/h3-5,9H,6,13H2,1-2H3,(H,16,17). The number of aromatic nitrogens is 2. The van der Waals surface area contributed by atoms with Gasteiger partial charge >= 0.3 is 5.97 Å². The predicted molar refractivity (Wildman–Crippen MR) is 64.0 cm³/mol. The third-order valence-electron chi connectivity index (χ3n) is 2.78. The highest BCUT2D eigenvalue weighted by Crippen LogP contribution is 2.15. The Morgan fingerprint density at radius 2 is 2.29 bits per heavy atom. The average molecular weight is 233 g/mol. The number of pyridine rings is 1. The number of aryl methyl sites for hydroxylation is 2. The second-order valence-electron chi connectivity index (χ2n) is 4.21. The minimum Gasteiger partial charge on any atom is -0.480 e. The van der Waals surface area contributed by atoms with E-state index in [4.69, 9.17) is 10.8 Å². The van der Waals surface area contributed by atoms with Crippen LogP contribution in [0, 0.1) is 13.8 Å². The predicted octanol–water partition coefficient (Wildman–Crippen LogP) is 0.906. The molecular formula is C12H15N3O2. The SMILES string of the molecule is Cc1ccn2c(C)nc(CC(N)C(=O)O)c2c1. The Kier molecular flexibility index (Phi) is 2.85. The van der Waals surface area contributed by atoms with Crippen molar-refractivity contribution in [1.29, 1.82) is 0 Å². The fraction of sp³-hybridized carbons (Fsp3) is 0.333. The fourth-order valence-corrected chi connectivity index (χ4v) is 1.86. The molecule has 0 bridgehead atoms. The molecule has 0 aromatic carbocycles. The summed E-state index contributed by atoms with van der Waals surface area (Å²) in [6.45, 7) is 3.88. The highest BCUT2D eigenvalue weighted by atomic mass is 16.4. The summed E-state index contributed by atoms with van der Waals surface area (Å²) < 4.78 is 1.94. The van der Waals surface area contributed by atoms with Crippen molar-refractivity contribution in [2.75, 3.05) is 0 Å². The quantitative estimate of drug-likeness (QED) is 0.825. The molecule has 90 valence electrons. The lowest BCUT2D eigenvalue weighted by Gasteiger charge is -2.04. The molecule has 2 heterocycles. The lowest BCUT2D eigenvalue weighted by molar-refractivity contribution is -0.138. The second-order valence-corrected chi connectivity index (χ2v) is 4.21. The van der Waals surface area contributed by atoms with Gasteiger partial charge in [-0.1, -0.05) is 0 Å². The summed E-state index contributed by atoms with van der Waals surface area (Å²) in [5.74, 6) is -0.163. The van der Waals surface area contributed by atoms with Gasteiger partial charge in [-0.25, -0.2) is 4.98 Å². The Labute approximate surface area is 98.9 Å². The van der Waals surface area contributed by atoms with Crippen molar-refractivity contribution in [3.05, 3.63) is 35.4 Å². The fourth-order valence-electron chi connectivity index (χ4n) is 1.86. The van der Waals surface area contributed by atoms with E-state index >= 15 is 0 Å². The van der Waals surface area contributed by atoms with E-state index in [0.717, 1.165) is 22.6 Å². The van der Waals surface area contributed by atoms with Crippen molar-refractivity contribution in [2.45, 2.75) is 26.3 Å². The molecule has 2 aromatic rings. The highest BCUT2D eigenvalue weighted by Gasteiger charge is 2.16. The first kappa shape index (κ1) is 11.6. The number of hydrogen-bond acceptors (Lipinski definition) is 3. The molecule has 0 aliphatic heterocycles. The van der Waals surface area contributed by atoms with Crippen LogP contribution in [0.4, 0.5) is 0 Å². The molecule has 0 aliphatic carbocycles. The highest BCUT2D eigenvalue weighted by molar-refractivity contribution is 5.74. The minimum absolute atomic E-state index is 0.246. The molecule has 0 saturated heterocycles. The van der Waals surface area contributed by atoms with Crippen LogP contribution >= 0.6 is 0 Å². The van der Waals surface area contributed by atoms with Crippen molar-refractivity contribution >= 4 is 11.5 Å². The molecule has 0 aliphatic rings. The van der Waals surface area contributed by atoms with Crippen molar-refractivity contribution in [2.24, 2.45) is 5.73 Å². The maximum Gasteiger partial charge on any atom is 0.320 e. The third-order valence-corrected chi connectivity index (χ3v) is 2.78. The summed E-state index contributed by atoms with van der Waals surface area (Å²) in [5.41, 5.74) is 8.32. The molecule has 0 fully saturated rings. The Bertz CT molecular complexity index is 574. The summed E-state index contributed by atoms with van der Waals surface area (Å²) in [6, 6.07) is 3.07. The third kappa shape index (κ3) is 2.14. The van der Waals surface area contributed by atoms with Crippen LogP contribution in [0.5, 0.6) is 0 Å². The van der Waals surface area contributed by atoms with Gasteiger partial charge in [-0.15, -0.1) is 0 Å². The number of aliphatic carboxylic acids is 1. The molecule has 0 amide bonds. The maximum absolute atomic E-state index is 10.8.